The molecule has 0 bridgehead atoms. The molecule has 1 N–H and O–H groups in total. The van der Waals surface area contributed by atoms with E-state index < -0.39 is 0 Å². The van der Waals surface area contributed by atoms with Crippen molar-refractivity contribution in [3.8, 4) is 11.5 Å². The Morgan fingerprint density at radius 3 is 2.56 bits per heavy atom. The Morgan fingerprint density at radius 1 is 1.09 bits per heavy atom. The summed E-state index contributed by atoms with van der Waals surface area (Å²) in [5.41, 5.74) is 3.09. The maximum absolute atomic E-state index is 12.6. The average Bonchev–Trinajstić information content (AvgIpc) is 3.49. The lowest BCUT2D eigenvalue weighted by atomic mass is 10.1. The first-order valence-electron chi connectivity index (χ1n) is 11.1. The van der Waals surface area contributed by atoms with Gasteiger partial charge in [-0.25, -0.2) is 0 Å². The van der Waals surface area contributed by atoms with Crippen molar-refractivity contribution in [2.75, 3.05) is 13.6 Å². The van der Waals surface area contributed by atoms with Crippen molar-refractivity contribution in [2.45, 2.75) is 45.1 Å². The van der Waals surface area contributed by atoms with E-state index in [1.165, 1.54) is 12.8 Å². The van der Waals surface area contributed by atoms with E-state index in [1.54, 1.807) is 24.1 Å². The summed E-state index contributed by atoms with van der Waals surface area (Å²) in [5.74, 6) is 0.849. The van der Waals surface area contributed by atoms with Crippen molar-refractivity contribution < 1.29 is 14.1 Å². The number of carbonyl (C=O) groups excluding carboxylic acids is 2. The van der Waals surface area contributed by atoms with Crippen LogP contribution in [0.25, 0.3) is 11.5 Å². The van der Waals surface area contributed by atoms with Gasteiger partial charge in [-0.3, -0.25) is 9.59 Å². The third-order valence-electron chi connectivity index (χ3n) is 5.84. The van der Waals surface area contributed by atoms with E-state index >= 15 is 0 Å². The lowest BCUT2D eigenvalue weighted by Crippen LogP contribution is -2.32. The summed E-state index contributed by atoms with van der Waals surface area (Å²) >= 11 is 0. The Balaban J connectivity index is 1.33. The van der Waals surface area contributed by atoms with E-state index in [2.05, 4.69) is 15.5 Å². The van der Waals surface area contributed by atoms with Gasteiger partial charge in [-0.15, -0.1) is 0 Å². The molecule has 32 heavy (non-hydrogen) atoms. The SMILES string of the molecule is Cc1cccc(C(=O)N(C)CCc2noc(-c3ccc(C(=O)NC4CCCC4)cc3)n2)c1. The highest BCUT2D eigenvalue weighted by Crippen LogP contribution is 2.20. The summed E-state index contributed by atoms with van der Waals surface area (Å²) in [6.45, 7) is 2.44. The Morgan fingerprint density at radius 2 is 1.84 bits per heavy atom. The largest absolute Gasteiger partial charge is 0.349 e. The summed E-state index contributed by atoms with van der Waals surface area (Å²) in [5, 5.41) is 7.12. The molecule has 1 aliphatic rings. The monoisotopic (exact) mass is 432 g/mol. The maximum atomic E-state index is 12.6. The molecule has 0 spiro atoms. The molecule has 0 saturated heterocycles. The van der Waals surface area contributed by atoms with Crippen molar-refractivity contribution in [1.29, 1.82) is 0 Å². The van der Waals surface area contributed by atoms with Crippen molar-refractivity contribution in [1.82, 2.24) is 20.4 Å². The molecule has 2 amide bonds. The molecule has 1 heterocycles. The van der Waals surface area contributed by atoms with Crippen molar-refractivity contribution in [3.05, 3.63) is 71.0 Å². The van der Waals surface area contributed by atoms with Crippen LogP contribution >= 0.6 is 0 Å². The quantitative estimate of drug-likeness (QED) is 0.609. The highest BCUT2D eigenvalue weighted by Gasteiger charge is 2.18. The van der Waals surface area contributed by atoms with Crippen LogP contribution in [-0.2, 0) is 6.42 Å². The molecule has 1 saturated carbocycles. The van der Waals surface area contributed by atoms with Crippen LogP contribution in [0.4, 0.5) is 0 Å². The van der Waals surface area contributed by atoms with Gasteiger partial charge in [0, 0.05) is 42.7 Å². The summed E-state index contributed by atoms with van der Waals surface area (Å²) in [7, 11) is 1.76. The Kier molecular flexibility index (Phi) is 6.63. The van der Waals surface area contributed by atoms with Crippen LogP contribution < -0.4 is 5.32 Å². The lowest BCUT2D eigenvalue weighted by Gasteiger charge is -2.16. The Labute approximate surface area is 187 Å². The van der Waals surface area contributed by atoms with Gasteiger partial charge in [-0.2, -0.15) is 4.98 Å². The fourth-order valence-corrected chi connectivity index (χ4v) is 3.94. The summed E-state index contributed by atoms with van der Waals surface area (Å²) < 4.78 is 5.39. The van der Waals surface area contributed by atoms with Crippen LogP contribution in [0.15, 0.2) is 53.1 Å². The maximum Gasteiger partial charge on any atom is 0.257 e. The topological polar surface area (TPSA) is 88.3 Å². The molecule has 1 aliphatic carbocycles. The van der Waals surface area contributed by atoms with Crippen LogP contribution in [0.5, 0.6) is 0 Å². The number of hydrogen-bond donors (Lipinski definition) is 1. The molecule has 4 rings (SSSR count). The summed E-state index contributed by atoms with van der Waals surface area (Å²) in [6, 6.07) is 15.0. The number of carbonyl (C=O) groups is 2. The third kappa shape index (κ3) is 5.22. The van der Waals surface area contributed by atoms with Gasteiger partial charge < -0.3 is 14.7 Å². The standard InChI is InChI=1S/C25H28N4O3/c1-17-6-5-7-20(16-17)25(31)29(2)15-14-22-27-24(32-28-22)19-12-10-18(11-13-19)23(30)26-21-8-3-4-9-21/h5-7,10-13,16,21H,3-4,8-9,14-15H2,1-2H3,(H,26,30). The predicted molar refractivity (Wildman–Crippen MR) is 121 cm³/mol. The molecule has 1 aromatic heterocycles. The molecular formula is C25H28N4O3. The lowest BCUT2D eigenvalue weighted by molar-refractivity contribution is 0.0795. The number of benzene rings is 2. The van der Waals surface area contributed by atoms with Gasteiger partial charge in [-0.05, 0) is 56.2 Å². The van der Waals surface area contributed by atoms with Crippen molar-refractivity contribution in [3.63, 3.8) is 0 Å². The van der Waals surface area contributed by atoms with E-state index in [4.69, 9.17) is 4.52 Å². The zero-order chi connectivity index (χ0) is 22.5. The number of rotatable bonds is 7. The first-order chi connectivity index (χ1) is 15.5. The van der Waals surface area contributed by atoms with Gasteiger partial charge in [0.15, 0.2) is 5.82 Å². The van der Waals surface area contributed by atoms with E-state index in [-0.39, 0.29) is 17.9 Å². The van der Waals surface area contributed by atoms with Crippen LogP contribution in [0.2, 0.25) is 0 Å². The van der Waals surface area contributed by atoms with Gasteiger partial charge in [0.05, 0.1) is 0 Å². The summed E-state index contributed by atoms with van der Waals surface area (Å²) in [4.78, 5) is 31.0. The van der Waals surface area contributed by atoms with Gasteiger partial charge in [0.1, 0.15) is 0 Å². The first-order valence-corrected chi connectivity index (χ1v) is 11.1. The number of amides is 2. The molecule has 7 nitrogen and oxygen atoms in total. The Hall–Kier alpha value is -3.48. The van der Waals surface area contributed by atoms with Gasteiger partial charge in [-0.1, -0.05) is 35.7 Å². The van der Waals surface area contributed by atoms with E-state index in [1.807, 2.05) is 43.3 Å². The minimum Gasteiger partial charge on any atom is -0.349 e. The predicted octanol–water partition coefficient (Wildman–Crippen LogP) is 4.03. The number of aromatic nitrogens is 2. The van der Waals surface area contributed by atoms with Gasteiger partial charge >= 0.3 is 0 Å². The van der Waals surface area contributed by atoms with Crippen LogP contribution in [0, 0.1) is 6.92 Å². The van der Waals surface area contributed by atoms with Gasteiger partial charge in [0.2, 0.25) is 0 Å². The zero-order valence-corrected chi connectivity index (χ0v) is 18.5. The number of aryl methyl sites for hydroxylation is 1. The molecule has 3 aromatic rings. The first kappa shape index (κ1) is 21.7. The van der Waals surface area contributed by atoms with Crippen molar-refractivity contribution >= 4 is 11.8 Å². The smallest absolute Gasteiger partial charge is 0.257 e. The fraction of sp³-hybridized carbons (Fsp3) is 0.360. The third-order valence-corrected chi connectivity index (χ3v) is 5.84. The molecule has 0 unspecified atom stereocenters. The van der Waals surface area contributed by atoms with E-state index in [9.17, 15) is 9.59 Å². The molecule has 2 aromatic carbocycles. The van der Waals surface area contributed by atoms with Crippen LogP contribution in [0.3, 0.4) is 0 Å². The minimum atomic E-state index is -0.0454. The molecule has 1 fully saturated rings. The van der Waals surface area contributed by atoms with E-state index in [0.29, 0.717) is 35.8 Å². The normalized spacial score (nSPS) is 13.8. The average molecular weight is 433 g/mol. The summed E-state index contributed by atoms with van der Waals surface area (Å²) in [6.07, 6.45) is 4.96. The number of nitrogens with zero attached hydrogens (tertiary/aromatic N) is 3. The second-order valence-corrected chi connectivity index (χ2v) is 8.39. The number of nitrogens with one attached hydrogen (secondary N) is 1. The number of likely N-dealkylation sites (N-methyl/N-ethyl adjacent to an activating group) is 1. The second-order valence-electron chi connectivity index (χ2n) is 8.39. The van der Waals surface area contributed by atoms with Crippen LogP contribution in [0.1, 0.15) is 57.8 Å². The minimum absolute atomic E-state index is 0.0381. The Bertz CT molecular complexity index is 1080. The van der Waals surface area contributed by atoms with Crippen LogP contribution in [-0.4, -0.2) is 46.5 Å². The fourth-order valence-electron chi connectivity index (χ4n) is 3.94. The molecule has 7 heteroatoms. The zero-order valence-electron chi connectivity index (χ0n) is 18.5. The molecule has 0 radical (unpaired) electrons. The molecule has 0 aliphatic heterocycles. The van der Waals surface area contributed by atoms with Crippen molar-refractivity contribution in [2.24, 2.45) is 0 Å². The molecular weight excluding hydrogens is 404 g/mol. The number of hydrogen-bond acceptors (Lipinski definition) is 5. The highest BCUT2D eigenvalue weighted by atomic mass is 16.5. The molecule has 0 atom stereocenters. The van der Waals surface area contributed by atoms with E-state index in [0.717, 1.165) is 24.0 Å². The highest BCUT2D eigenvalue weighted by molar-refractivity contribution is 5.95. The van der Waals surface area contributed by atoms with Gasteiger partial charge in [0.25, 0.3) is 17.7 Å². The second kappa shape index (κ2) is 9.77. The molecule has 166 valence electrons.